The topological polar surface area (TPSA) is 87.7 Å². The molecule has 1 aromatic rings. The minimum Gasteiger partial charge on any atom is -0.373 e. The Morgan fingerprint density at radius 2 is 1.86 bits per heavy atom. The molecule has 0 aromatic heterocycles. The summed E-state index contributed by atoms with van der Waals surface area (Å²) in [5, 5.41) is 6.27. The number of hydrogen-bond donors (Lipinski definition) is 2. The van der Waals surface area contributed by atoms with E-state index in [0.29, 0.717) is 31.1 Å². The summed E-state index contributed by atoms with van der Waals surface area (Å²) in [6, 6.07) is 6.18. The molecule has 1 amide bonds. The molecule has 2 fully saturated rings. The molecule has 158 valence electrons. The zero-order valence-corrected chi connectivity index (χ0v) is 18.0. The van der Waals surface area contributed by atoms with Crippen molar-refractivity contribution in [2.24, 2.45) is 5.92 Å². The summed E-state index contributed by atoms with van der Waals surface area (Å²) < 4.78 is 32.8. The van der Waals surface area contributed by atoms with Gasteiger partial charge in [0.15, 0.2) is 0 Å². The van der Waals surface area contributed by atoms with Gasteiger partial charge < -0.3 is 15.4 Å². The van der Waals surface area contributed by atoms with Crippen molar-refractivity contribution in [2.45, 2.75) is 43.8 Å². The number of piperidine rings is 1. The Morgan fingerprint density at radius 1 is 1.21 bits per heavy atom. The van der Waals surface area contributed by atoms with Gasteiger partial charge in [-0.3, -0.25) is 4.79 Å². The van der Waals surface area contributed by atoms with E-state index in [4.69, 9.17) is 4.74 Å². The molecule has 2 saturated heterocycles. The third kappa shape index (κ3) is 5.67. The van der Waals surface area contributed by atoms with Gasteiger partial charge in [-0.05, 0) is 70.0 Å². The van der Waals surface area contributed by atoms with Crippen LogP contribution in [0.4, 0.5) is 0 Å². The number of halogens is 1. The van der Waals surface area contributed by atoms with Crippen molar-refractivity contribution in [3.63, 3.8) is 0 Å². The molecule has 0 spiro atoms. The van der Waals surface area contributed by atoms with Crippen LogP contribution in [0.2, 0.25) is 0 Å². The molecule has 2 N–H and O–H groups in total. The van der Waals surface area contributed by atoms with Crippen molar-refractivity contribution in [3.05, 3.63) is 29.8 Å². The highest BCUT2D eigenvalue weighted by Crippen LogP contribution is 2.21. The number of sulfonamides is 1. The number of carbonyl (C=O) groups is 1. The Morgan fingerprint density at radius 3 is 2.43 bits per heavy atom. The molecule has 2 heterocycles. The standard InChI is InChI=1S/C19H29N3O4S.ClH/c1-14-12-22(13-15(2)26-14)27(24,25)18-7-5-17(6-8-18)19(23)21-11-16-4-3-9-20-10-16;/h5-8,14-16,20H,3-4,9-13H2,1-2H3,(H,21,23);1H. The quantitative estimate of drug-likeness (QED) is 0.739. The SMILES string of the molecule is CC1CN(S(=O)(=O)c2ccc(C(=O)NCC3CCCNC3)cc2)CC(C)O1.Cl. The Bertz CT molecular complexity index is 741. The maximum Gasteiger partial charge on any atom is 0.251 e. The second-order valence-corrected chi connectivity index (χ2v) is 9.46. The molecule has 1 aromatic carbocycles. The maximum atomic E-state index is 12.9. The molecule has 2 aliphatic rings. The molecule has 3 unspecified atom stereocenters. The van der Waals surface area contributed by atoms with E-state index in [1.807, 2.05) is 13.8 Å². The summed E-state index contributed by atoms with van der Waals surface area (Å²) in [6.07, 6.45) is 1.97. The van der Waals surface area contributed by atoms with Gasteiger partial charge in [-0.1, -0.05) is 0 Å². The zero-order chi connectivity index (χ0) is 19.4. The highest BCUT2D eigenvalue weighted by atomic mass is 35.5. The zero-order valence-electron chi connectivity index (χ0n) is 16.4. The fourth-order valence-corrected chi connectivity index (χ4v) is 5.28. The number of ether oxygens (including phenoxy) is 1. The van der Waals surface area contributed by atoms with Gasteiger partial charge in [0, 0.05) is 25.2 Å². The van der Waals surface area contributed by atoms with Gasteiger partial charge in [-0.25, -0.2) is 8.42 Å². The van der Waals surface area contributed by atoms with E-state index < -0.39 is 10.0 Å². The minimum absolute atomic E-state index is 0. The normalized spacial score (nSPS) is 26.3. The van der Waals surface area contributed by atoms with Gasteiger partial charge in [0.25, 0.3) is 5.91 Å². The van der Waals surface area contributed by atoms with Crippen LogP contribution >= 0.6 is 12.4 Å². The predicted octanol–water partition coefficient (Wildman–Crippen LogP) is 1.64. The van der Waals surface area contributed by atoms with Crippen molar-refractivity contribution in [2.75, 3.05) is 32.7 Å². The highest BCUT2D eigenvalue weighted by molar-refractivity contribution is 7.89. The van der Waals surface area contributed by atoms with Crippen LogP contribution < -0.4 is 10.6 Å². The molecule has 9 heteroatoms. The number of nitrogens with one attached hydrogen (secondary N) is 2. The van der Waals surface area contributed by atoms with Crippen LogP contribution in [-0.4, -0.2) is 63.6 Å². The van der Waals surface area contributed by atoms with Crippen molar-refractivity contribution < 1.29 is 17.9 Å². The average molecular weight is 432 g/mol. The molecule has 3 atom stereocenters. The van der Waals surface area contributed by atoms with Crippen LogP contribution in [0, 0.1) is 5.92 Å². The number of carbonyl (C=O) groups excluding carboxylic acids is 1. The van der Waals surface area contributed by atoms with Crippen molar-refractivity contribution in [1.29, 1.82) is 0 Å². The molecule has 0 aliphatic carbocycles. The first kappa shape index (κ1) is 23.1. The van der Waals surface area contributed by atoms with Crippen molar-refractivity contribution >= 4 is 28.3 Å². The molecular formula is C19H30ClN3O4S. The lowest BCUT2D eigenvalue weighted by Gasteiger charge is -2.34. The summed E-state index contributed by atoms with van der Waals surface area (Å²) in [6.45, 7) is 7.01. The van der Waals surface area contributed by atoms with Gasteiger partial charge in [0.05, 0.1) is 17.1 Å². The van der Waals surface area contributed by atoms with Crippen LogP contribution in [0.3, 0.4) is 0 Å². The van der Waals surface area contributed by atoms with E-state index in [-0.39, 0.29) is 35.4 Å². The van der Waals surface area contributed by atoms with Crippen molar-refractivity contribution in [1.82, 2.24) is 14.9 Å². The smallest absolute Gasteiger partial charge is 0.251 e. The number of amides is 1. The van der Waals surface area contributed by atoms with E-state index in [1.54, 1.807) is 12.1 Å². The number of morpholine rings is 1. The molecule has 2 aliphatic heterocycles. The molecule has 0 saturated carbocycles. The van der Waals surface area contributed by atoms with Crippen LogP contribution in [0.1, 0.15) is 37.0 Å². The molecule has 3 rings (SSSR count). The van der Waals surface area contributed by atoms with Gasteiger partial charge in [0.2, 0.25) is 10.0 Å². The van der Waals surface area contributed by atoms with Crippen LogP contribution in [-0.2, 0) is 14.8 Å². The maximum absolute atomic E-state index is 12.9. The van der Waals surface area contributed by atoms with Crippen molar-refractivity contribution in [3.8, 4) is 0 Å². The minimum atomic E-state index is -3.59. The largest absolute Gasteiger partial charge is 0.373 e. The van der Waals surface area contributed by atoms with Gasteiger partial charge in [0.1, 0.15) is 0 Å². The summed E-state index contributed by atoms with van der Waals surface area (Å²) in [5.74, 6) is 0.283. The first-order valence-corrected chi connectivity index (χ1v) is 11.0. The molecule has 0 bridgehead atoms. The number of benzene rings is 1. The van der Waals surface area contributed by atoms with E-state index in [9.17, 15) is 13.2 Å². The first-order chi connectivity index (χ1) is 12.9. The molecule has 28 heavy (non-hydrogen) atoms. The monoisotopic (exact) mass is 431 g/mol. The van der Waals surface area contributed by atoms with Gasteiger partial charge >= 0.3 is 0 Å². The average Bonchev–Trinajstić information content (AvgIpc) is 2.66. The van der Waals surface area contributed by atoms with Gasteiger partial charge in [-0.15, -0.1) is 12.4 Å². The van der Waals surface area contributed by atoms with E-state index >= 15 is 0 Å². The van der Waals surface area contributed by atoms with Crippen LogP contribution in [0.25, 0.3) is 0 Å². The van der Waals surface area contributed by atoms with Crippen LogP contribution in [0.5, 0.6) is 0 Å². The predicted molar refractivity (Wildman–Crippen MR) is 110 cm³/mol. The summed E-state index contributed by atoms with van der Waals surface area (Å²) >= 11 is 0. The molecule has 7 nitrogen and oxygen atoms in total. The Balaban J connectivity index is 0.00000280. The Labute approximate surface area is 173 Å². The lowest BCUT2D eigenvalue weighted by Crippen LogP contribution is -2.48. The third-order valence-electron chi connectivity index (χ3n) is 5.09. The lowest BCUT2D eigenvalue weighted by atomic mass is 10.00. The summed E-state index contributed by atoms with van der Waals surface area (Å²) in [5.41, 5.74) is 0.474. The molecule has 0 radical (unpaired) electrons. The summed E-state index contributed by atoms with van der Waals surface area (Å²) in [7, 11) is -3.59. The highest BCUT2D eigenvalue weighted by Gasteiger charge is 2.32. The number of rotatable bonds is 5. The first-order valence-electron chi connectivity index (χ1n) is 9.61. The Kier molecular flexibility index (Phi) is 8.27. The second kappa shape index (κ2) is 10.0. The number of hydrogen-bond acceptors (Lipinski definition) is 5. The van der Waals surface area contributed by atoms with Gasteiger partial charge in [-0.2, -0.15) is 4.31 Å². The molecular weight excluding hydrogens is 402 g/mol. The fraction of sp³-hybridized carbons (Fsp3) is 0.632. The lowest BCUT2D eigenvalue weighted by molar-refractivity contribution is -0.0440. The van der Waals surface area contributed by atoms with E-state index in [2.05, 4.69) is 10.6 Å². The van der Waals surface area contributed by atoms with Crippen LogP contribution in [0.15, 0.2) is 29.2 Å². The Hall–Kier alpha value is -1.19. The second-order valence-electron chi connectivity index (χ2n) is 7.53. The van der Waals surface area contributed by atoms with E-state index in [1.165, 1.54) is 16.4 Å². The third-order valence-corrected chi connectivity index (χ3v) is 6.94. The van der Waals surface area contributed by atoms with E-state index in [0.717, 1.165) is 25.9 Å². The summed E-state index contributed by atoms with van der Waals surface area (Å²) in [4.78, 5) is 12.5. The number of nitrogens with zero attached hydrogens (tertiary/aromatic N) is 1. The fourth-order valence-electron chi connectivity index (χ4n) is 3.69.